The normalized spacial score (nSPS) is 10.0. The molecule has 7 heteroatoms. The first-order valence-electron chi connectivity index (χ1n) is 6.76. The van der Waals surface area contributed by atoms with Gasteiger partial charge in [0.2, 0.25) is 5.91 Å². The van der Waals surface area contributed by atoms with Gasteiger partial charge in [0.25, 0.3) is 5.91 Å². The first-order valence-corrected chi connectivity index (χ1v) is 7.14. The highest BCUT2D eigenvalue weighted by Gasteiger charge is 2.12. The van der Waals surface area contributed by atoms with Crippen LogP contribution in [0.1, 0.15) is 24.5 Å². The van der Waals surface area contributed by atoms with E-state index in [1.807, 2.05) is 19.9 Å². The fourth-order valence-electron chi connectivity index (χ4n) is 1.81. The van der Waals surface area contributed by atoms with Crippen LogP contribution in [0.5, 0.6) is 0 Å². The highest BCUT2D eigenvalue weighted by molar-refractivity contribution is 6.34. The van der Waals surface area contributed by atoms with Crippen molar-refractivity contribution < 1.29 is 19.1 Å². The summed E-state index contributed by atoms with van der Waals surface area (Å²) in [6.07, 6.45) is 0.0111. The molecule has 0 spiro atoms. The second-order valence-electron chi connectivity index (χ2n) is 4.88. The Morgan fingerprint density at radius 2 is 1.91 bits per heavy atom. The molecule has 1 rings (SSSR count). The van der Waals surface area contributed by atoms with Crippen molar-refractivity contribution in [3.8, 4) is 0 Å². The van der Waals surface area contributed by atoms with E-state index >= 15 is 0 Å². The fourth-order valence-corrected chi connectivity index (χ4v) is 2.18. The molecule has 2 amide bonds. The molecule has 0 heterocycles. The van der Waals surface area contributed by atoms with Crippen molar-refractivity contribution in [2.75, 3.05) is 18.5 Å². The molecule has 0 unspecified atom stereocenters. The molecule has 1 aromatic rings. The van der Waals surface area contributed by atoms with Gasteiger partial charge in [0.1, 0.15) is 0 Å². The van der Waals surface area contributed by atoms with Gasteiger partial charge in [-0.1, -0.05) is 17.7 Å². The SMILES string of the molecule is CC(=O)NCCC(=O)OCC(=O)Nc1c(C)cc(C)cc1Cl. The van der Waals surface area contributed by atoms with Crippen LogP contribution in [0.4, 0.5) is 5.69 Å². The number of hydrogen-bond acceptors (Lipinski definition) is 4. The molecule has 22 heavy (non-hydrogen) atoms. The Morgan fingerprint density at radius 1 is 1.23 bits per heavy atom. The lowest BCUT2D eigenvalue weighted by atomic mass is 10.1. The molecule has 0 bridgehead atoms. The predicted octanol–water partition coefficient (Wildman–Crippen LogP) is 1.96. The lowest BCUT2D eigenvalue weighted by molar-refractivity contribution is -0.147. The minimum Gasteiger partial charge on any atom is -0.456 e. The van der Waals surface area contributed by atoms with Crippen molar-refractivity contribution in [1.82, 2.24) is 5.32 Å². The van der Waals surface area contributed by atoms with Gasteiger partial charge >= 0.3 is 5.97 Å². The topological polar surface area (TPSA) is 84.5 Å². The maximum atomic E-state index is 11.8. The van der Waals surface area contributed by atoms with Gasteiger partial charge in [-0.05, 0) is 31.0 Å². The molecular weight excluding hydrogens is 308 g/mol. The molecular formula is C15H19ClN2O4. The molecule has 0 aliphatic rings. The van der Waals surface area contributed by atoms with Crippen molar-refractivity contribution in [2.45, 2.75) is 27.2 Å². The van der Waals surface area contributed by atoms with Gasteiger partial charge in [0.15, 0.2) is 6.61 Å². The Labute approximate surface area is 134 Å². The van der Waals surface area contributed by atoms with Crippen LogP contribution >= 0.6 is 11.6 Å². The molecule has 0 aliphatic carbocycles. The average molecular weight is 327 g/mol. The second-order valence-corrected chi connectivity index (χ2v) is 5.29. The number of aryl methyl sites for hydroxylation is 2. The Bertz CT molecular complexity index is 564. The minimum atomic E-state index is -0.560. The Hall–Kier alpha value is -2.08. The lowest BCUT2D eigenvalue weighted by Gasteiger charge is -2.11. The van der Waals surface area contributed by atoms with Crippen LogP contribution in [0.3, 0.4) is 0 Å². The van der Waals surface area contributed by atoms with Crippen LogP contribution in [0.25, 0.3) is 0 Å². The average Bonchev–Trinajstić information content (AvgIpc) is 2.40. The maximum Gasteiger partial charge on any atom is 0.308 e. The number of anilines is 1. The summed E-state index contributed by atoms with van der Waals surface area (Å²) < 4.78 is 4.82. The lowest BCUT2D eigenvalue weighted by Crippen LogP contribution is -2.26. The highest BCUT2D eigenvalue weighted by Crippen LogP contribution is 2.27. The smallest absolute Gasteiger partial charge is 0.308 e. The van der Waals surface area contributed by atoms with Crippen LogP contribution in [-0.4, -0.2) is 30.9 Å². The molecule has 2 N–H and O–H groups in total. The van der Waals surface area contributed by atoms with Crippen molar-refractivity contribution in [3.63, 3.8) is 0 Å². The zero-order valence-electron chi connectivity index (χ0n) is 12.8. The number of rotatable bonds is 6. The van der Waals surface area contributed by atoms with Crippen LogP contribution in [0.15, 0.2) is 12.1 Å². The van der Waals surface area contributed by atoms with Crippen molar-refractivity contribution in [1.29, 1.82) is 0 Å². The number of halogens is 1. The number of benzene rings is 1. The third-order valence-electron chi connectivity index (χ3n) is 2.76. The standard InChI is InChI=1S/C15H19ClN2O4/c1-9-6-10(2)15(12(16)7-9)18-13(20)8-22-14(21)4-5-17-11(3)19/h6-7H,4-5,8H2,1-3H3,(H,17,19)(H,18,20). The fraction of sp³-hybridized carbons (Fsp3) is 0.400. The second kappa shape index (κ2) is 8.38. The molecule has 0 radical (unpaired) electrons. The number of amides is 2. The zero-order chi connectivity index (χ0) is 16.7. The van der Waals surface area contributed by atoms with Gasteiger partial charge in [-0.3, -0.25) is 14.4 Å². The predicted molar refractivity (Wildman–Crippen MR) is 83.8 cm³/mol. The number of carbonyl (C=O) groups excluding carboxylic acids is 3. The number of ether oxygens (including phenoxy) is 1. The molecule has 120 valence electrons. The maximum absolute atomic E-state index is 11.8. The summed E-state index contributed by atoms with van der Waals surface area (Å²) >= 11 is 6.08. The summed E-state index contributed by atoms with van der Waals surface area (Å²) in [6, 6.07) is 3.63. The Kier molecular flexibility index (Phi) is 6.85. The molecule has 0 aromatic heterocycles. The molecule has 1 aromatic carbocycles. The summed E-state index contributed by atoms with van der Waals surface area (Å²) in [6.45, 7) is 4.86. The van der Waals surface area contributed by atoms with Crippen molar-refractivity contribution in [3.05, 3.63) is 28.3 Å². The van der Waals surface area contributed by atoms with Gasteiger partial charge in [-0.25, -0.2) is 0 Å². The third-order valence-corrected chi connectivity index (χ3v) is 3.06. The summed E-state index contributed by atoms with van der Waals surface area (Å²) in [5.41, 5.74) is 2.33. The highest BCUT2D eigenvalue weighted by atomic mass is 35.5. The van der Waals surface area contributed by atoms with E-state index in [2.05, 4.69) is 10.6 Å². The number of carbonyl (C=O) groups is 3. The van der Waals surface area contributed by atoms with E-state index in [1.165, 1.54) is 6.92 Å². The van der Waals surface area contributed by atoms with E-state index in [-0.39, 0.29) is 18.9 Å². The van der Waals surface area contributed by atoms with E-state index in [1.54, 1.807) is 6.07 Å². The number of nitrogens with one attached hydrogen (secondary N) is 2. The monoisotopic (exact) mass is 326 g/mol. The molecule has 0 atom stereocenters. The van der Waals surface area contributed by atoms with Crippen LogP contribution in [-0.2, 0) is 19.1 Å². The molecule has 0 aliphatic heterocycles. The minimum absolute atomic E-state index is 0.0111. The van der Waals surface area contributed by atoms with Gasteiger partial charge in [0.05, 0.1) is 17.1 Å². The van der Waals surface area contributed by atoms with Gasteiger partial charge in [0, 0.05) is 13.5 Å². The Balaban J connectivity index is 2.44. The molecule has 6 nitrogen and oxygen atoms in total. The number of esters is 1. The summed E-state index contributed by atoms with van der Waals surface area (Å²) in [7, 11) is 0. The molecule has 0 fully saturated rings. The van der Waals surface area contributed by atoms with E-state index in [0.29, 0.717) is 10.7 Å². The zero-order valence-corrected chi connectivity index (χ0v) is 13.5. The quantitative estimate of drug-likeness (QED) is 0.783. The first kappa shape index (κ1) is 18.0. The van der Waals surface area contributed by atoms with Crippen LogP contribution in [0, 0.1) is 13.8 Å². The van der Waals surface area contributed by atoms with E-state index in [0.717, 1.165) is 11.1 Å². The Morgan fingerprint density at radius 3 is 2.50 bits per heavy atom. The first-order chi connectivity index (χ1) is 10.3. The van der Waals surface area contributed by atoms with Gasteiger partial charge in [-0.2, -0.15) is 0 Å². The van der Waals surface area contributed by atoms with E-state index in [9.17, 15) is 14.4 Å². The summed E-state index contributed by atoms with van der Waals surface area (Å²) in [5.74, 6) is -1.26. The van der Waals surface area contributed by atoms with Crippen molar-refractivity contribution in [2.24, 2.45) is 0 Å². The molecule has 0 saturated carbocycles. The summed E-state index contributed by atoms with van der Waals surface area (Å²) in [4.78, 5) is 33.8. The van der Waals surface area contributed by atoms with E-state index in [4.69, 9.17) is 16.3 Å². The third kappa shape index (κ3) is 6.13. The van der Waals surface area contributed by atoms with Crippen LogP contribution < -0.4 is 10.6 Å². The van der Waals surface area contributed by atoms with Gasteiger partial charge in [-0.15, -0.1) is 0 Å². The molecule has 0 saturated heterocycles. The van der Waals surface area contributed by atoms with Crippen LogP contribution in [0.2, 0.25) is 5.02 Å². The summed E-state index contributed by atoms with van der Waals surface area (Å²) in [5, 5.41) is 5.52. The van der Waals surface area contributed by atoms with Crippen molar-refractivity contribution >= 4 is 35.1 Å². The number of hydrogen-bond donors (Lipinski definition) is 2. The van der Waals surface area contributed by atoms with Gasteiger partial charge < -0.3 is 15.4 Å². The largest absolute Gasteiger partial charge is 0.456 e. The van der Waals surface area contributed by atoms with E-state index < -0.39 is 18.5 Å².